The van der Waals surface area contributed by atoms with Crippen LogP contribution in [0.2, 0.25) is 0 Å². The van der Waals surface area contributed by atoms with E-state index in [0.29, 0.717) is 23.8 Å². The first-order valence-electron chi connectivity index (χ1n) is 9.71. The van der Waals surface area contributed by atoms with Crippen LogP contribution in [0.1, 0.15) is 57.4 Å². The van der Waals surface area contributed by atoms with Crippen LogP contribution in [0.3, 0.4) is 0 Å². The molecule has 0 atom stereocenters. The van der Waals surface area contributed by atoms with Crippen molar-refractivity contribution < 1.29 is 9.53 Å². The summed E-state index contributed by atoms with van der Waals surface area (Å²) in [5.74, 6) is 4.52. The highest BCUT2D eigenvalue weighted by molar-refractivity contribution is 9.10. The predicted octanol–water partition coefficient (Wildman–Crippen LogP) is 4.89. The standard InChI is InChI=1S/C21H28BrNO2/c1-12(2)15-3-4-19(18(22)10-15)25-11-20(24)23-21-16-6-13-5-14(8-16)9-17(21)7-13/h3-4,10,12-14,16-17,21H,5-9,11H2,1-2H3,(H,23,24). The Morgan fingerprint density at radius 2 is 1.80 bits per heavy atom. The zero-order valence-corrected chi connectivity index (χ0v) is 16.7. The molecule has 4 fully saturated rings. The Bertz CT molecular complexity index is 629. The molecule has 1 aromatic carbocycles. The van der Waals surface area contributed by atoms with Crippen LogP contribution < -0.4 is 10.1 Å². The summed E-state index contributed by atoms with van der Waals surface area (Å²) in [6.07, 6.45) is 6.72. The van der Waals surface area contributed by atoms with E-state index in [0.717, 1.165) is 22.1 Å². The molecule has 0 unspecified atom stereocenters. The maximum Gasteiger partial charge on any atom is 0.258 e. The largest absolute Gasteiger partial charge is 0.483 e. The Kier molecular flexibility index (Phi) is 4.83. The normalized spacial score (nSPS) is 32.9. The number of nitrogens with one attached hydrogen (secondary N) is 1. The van der Waals surface area contributed by atoms with Gasteiger partial charge < -0.3 is 10.1 Å². The molecule has 0 aliphatic heterocycles. The van der Waals surface area contributed by atoms with Crippen molar-refractivity contribution in [1.29, 1.82) is 0 Å². The van der Waals surface area contributed by atoms with Crippen molar-refractivity contribution in [2.45, 2.75) is 57.9 Å². The van der Waals surface area contributed by atoms with E-state index < -0.39 is 0 Å². The summed E-state index contributed by atoms with van der Waals surface area (Å²) in [5.41, 5.74) is 1.26. The van der Waals surface area contributed by atoms with Gasteiger partial charge in [-0.3, -0.25) is 4.79 Å². The van der Waals surface area contributed by atoms with Crippen LogP contribution >= 0.6 is 15.9 Å². The average molecular weight is 406 g/mol. The molecule has 1 aromatic rings. The molecular formula is C21H28BrNO2. The minimum atomic E-state index is 0.0253. The van der Waals surface area contributed by atoms with Gasteiger partial charge in [-0.05, 0) is 95.3 Å². The van der Waals surface area contributed by atoms with Gasteiger partial charge in [-0.15, -0.1) is 0 Å². The molecule has 0 saturated heterocycles. The molecule has 5 rings (SSSR count). The SMILES string of the molecule is CC(C)c1ccc(OCC(=O)NC2C3CC4CC(C3)CC2C4)c(Br)c1. The van der Waals surface area contributed by atoms with E-state index in [2.05, 4.69) is 47.2 Å². The smallest absolute Gasteiger partial charge is 0.258 e. The zero-order valence-electron chi connectivity index (χ0n) is 15.1. The number of carbonyl (C=O) groups is 1. The quantitative estimate of drug-likeness (QED) is 0.756. The van der Waals surface area contributed by atoms with Crippen molar-refractivity contribution in [2.75, 3.05) is 6.61 Å². The van der Waals surface area contributed by atoms with Gasteiger partial charge in [0.1, 0.15) is 5.75 Å². The fourth-order valence-corrected chi connectivity index (χ4v) is 6.04. The molecule has 3 nitrogen and oxygen atoms in total. The Labute approximate surface area is 159 Å². The number of hydrogen-bond acceptors (Lipinski definition) is 2. The molecule has 4 heteroatoms. The lowest BCUT2D eigenvalue weighted by Gasteiger charge is -2.54. The van der Waals surface area contributed by atoms with E-state index in [1.807, 2.05) is 6.07 Å². The second-order valence-corrected chi connectivity index (χ2v) is 9.51. The topological polar surface area (TPSA) is 38.3 Å². The molecule has 4 saturated carbocycles. The maximum atomic E-state index is 12.4. The number of halogens is 1. The highest BCUT2D eigenvalue weighted by atomic mass is 79.9. The minimum absolute atomic E-state index is 0.0253. The van der Waals surface area contributed by atoms with Crippen molar-refractivity contribution in [3.05, 3.63) is 28.2 Å². The summed E-state index contributed by atoms with van der Waals surface area (Å²) in [7, 11) is 0. The Morgan fingerprint density at radius 1 is 1.16 bits per heavy atom. The van der Waals surface area contributed by atoms with Gasteiger partial charge in [-0.1, -0.05) is 19.9 Å². The molecule has 1 N–H and O–H groups in total. The highest BCUT2D eigenvalue weighted by Crippen LogP contribution is 2.53. The monoisotopic (exact) mass is 405 g/mol. The van der Waals surface area contributed by atoms with E-state index >= 15 is 0 Å². The summed E-state index contributed by atoms with van der Waals surface area (Å²) < 4.78 is 6.69. The van der Waals surface area contributed by atoms with Crippen molar-refractivity contribution in [3.8, 4) is 5.75 Å². The van der Waals surface area contributed by atoms with Gasteiger partial charge in [0.25, 0.3) is 5.91 Å². The first-order valence-corrected chi connectivity index (χ1v) is 10.5. The number of hydrogen-bond donors (Lipinski definition) is 1. The fourth-order valence-electron chi connectivity index (χ4n) is 5.52. The third-order valence-electron chi connectivity index (χ3n) is 6.54. The molecule has 4 bridgehead atoms. The van der Waals surface area contributed by atoms with Gasteiger partial charge in [0.2, 0.25) is 0 Å². The van der Waals surface area contributed by atoms with Crippen LogP contribution in [0, 0.1) is 23.7 Å². The van der Waals surface area contributed by atoms with Crippen LogP contribution in [-0.2, 0) is 4.79 Å². The van der Waals surface area contributed by atoms with E-state index in [1.165, 1.54) is 37.7 Å². The number of rotatable bonds is 5. The predicted molar refractivity (Wildman–Crippen MR) is 103 cm³/mol. The Balaban J connectivity index is 1.32. The van der Waals surface area contributed by atoms with Crippen LogP contribution in [0.5, 0.6) is 5.75 Å². The molecule has 4 aliphatic carbocycles. The lowest BCUT2D eigenvalue weighted by molar-refractivity contribution is -0.127. The first-order chi connectivity index (χ1) is 12.0. The van der Waals surface area contributed by atoms with Gasteiger partial charge in [0.15, 0.2) is 6.61 Å². The van der Waals surface area contributed by atoms with Crippen LogP contribution in [0.4, 0.5) is 0 Å². The van der Waals surface area contributed by atoms with Crippen molar-refractivity contribution >= 4 is 21.8 Å². The van der Waals surface area contributed by atoms with Gasteiger partial charge in [0, 0.05) is 6.04 Å². The number of benzene rings is 1. The van der Waals surface area contributed by atoms with Gasteiger partial charge in [-0.25, -0.2) is 0 Å². The molecule has 0 aromatic heterocycles. The molecule has 0 heterocycles. The number of carbonyl (C=O) groups excluding carboxylic acids is 1. The van der Waals surface area contributed by atoms with Crippen molar-refractivity contribution in [3.63, 3.8) is 0 Å². The van der Waals surface area contributed by atoms with Crippen molar-refractivity contribution in [1.82, 2.24) is 5.32 Å². The molecule has 4 aliphatic rings. The lowest BCUT2D eigenvalue weighted by atomic mass is 9.54. The van der Waals surface area contributed by atoms with E-state index in [1.54, 1.807) is 0 Å². The van der Waals surface area contributed by atoms with Gasteiger partial charge in [-0.2, -0.15) is 0 Å². The zero-order chi connectivity index (χ0) is 17.6. The third kappa shape index (κ3) is 3.60. The van der Waals surface area contributed by atoms with Crippen LogP contribution in [0.25, 0.3) is 0 Å². The van der Waals surface area contributed by atoms with Gasteiger partial charge >= 0.3 is 0 Å². The summed E-state index contributed by atoms with van der Waals surface area (Å²) in [6, 6.07) is 6.49. The molecule has 0 radical (unpaired) electrons. The summed E-state index contributed by atoms with van der Waals surface area (Å²) in [5, 5.41) is 3.30. The molecular weight excluding hydrogens is 378 g/mol. The number of amides is 1. The Morgan fingerprint density at radius 3 is 2.36 bits per heavy atom. The highest BCUT2D eigenvalue weighted by Gasteiger charge is 2.48. The average Bonchev–Trinajstić information content (AvgIpc) is 2.56. The lowest BCUT2D eigenvalue weighted by Crippen LogP contribution is -2.56. The minimum Gasteiger partial charge on any atom is -0.483 e. The molecule has 0 spiro atoms. The van der Waals surface area contributed by atoms with Crippen LogP contribution in [0.15, 0.2) is 22.7 Å². The first kappa shape index (κ1) is 17.4. The van der Waals surface area contributed by atoms with E-state index in [-0.39, 0.29) is 12.5 Å². The second kappa shape index (κ2) is 6.94. The van der Waals surface area contributed by atoms with E-state index in [9.17, 15) is 4.79 Å². The van der Waals surface area contributed by atoms with E-state index in [4.69, 9.17) is 4.74 Å². The molecule has 136 valence electrons. The number of ether oxygens (including phenoxy) is 1. The molecule has 25 heavy (non-hydrogen) atoms. The third-order valence-corrected chi connectivity index (χ3v) is 7.16. The van der Waals surface area contributed by atoms with Crippen LogP contribution in [-0.4, -0.2) is 18.6 Å². The fraction of sp³-hybridized carbons (Fsp3) is 0.667. The molecule has 1 amide bonds. The summed E-state index contributed by atoms with van der Waals surface area (Å²) in [6.45, 7) is 4.43. The van der Waals surface area contributed by atoms with Crippen molar-refractivity contribution in [2.24, 2.45) is 23.7 Å². The summed E-state index contributed by atoms with van der Waals surface area (Å²) >= 11 is 3.56. The summed E-state index contributed by atoms with van der Waals surface area (Å²) in [4.78, 5) is 12.4. The Hall–Kier alpha value is -1.03. The second-order valence-electron chi connectivity index (χ2n) is 8.66. The maximum absolute atomic E-state index is 12.4. The van der Waals surface area contributed by atoms with Gasteiger partial charge in [0.05, 0.1) is 4.47 Å².